The molecule has 3 aliphatic rings. The van der Waals surface area contributed by atoms with Crippen LogP contribution in [0.25, 0.3) is 5.69 Å². The van der Waals surface area contributed by atoms with Crippen LogP contribution in [-0.2, 0) is 0 Å². The highest BCUT2D eigenvalue weighted by molar-refractivity contribution is 5.93. The number of piperidine rings is 2. The number of ether oxygens (including phenoxy) is 1. The second-order valence-electron chi connectivity index (χ2n) is 8.96. The van der Waals surface area contributed by atoms with E-state index in [1.807, 2.05) is 35.4 Å². The lowest BCUT2D eigenvalue weighted by Gasteiger charge is -2.41. The molecule has 0 atom stereocenters. The summed E-state index contributed by atoms with van der Waals surface area (Å²) in [7, 11) is 0. The molecule has 2 saturated heterocycles. The summed E-state index contributed by atoms with van der Waals surface area (Å²) in [5.41, 5.74) is 1.61. The minimum Gasteiger partial charge on any atom is -0.490 e. The standard InChI is InChI=1S/C24H32N4O2/c29-24(27-13-2-1-3-14-27)19-17-25-28(18-19)21-7-9-22(10-8-21)30-23-11-15-26(16-12-23)20-5-4-6-20/h7-10,17-18,20,23H,1-6,11-16H2. The van der Waals surface area contributed by atoms with Crippen LogP contribution in [-0.4, -0.2) is 63.8 Å². The Hall–Kier alpha value is -2.34. The Kier molecular flexibility index (Phi) is 5.75. The van der Waals surface area contributed by atoms with E-state index in [1.165, 1.54) is 25.7 Å². The molecule has 1 aromatic heterocycles. The lowest BCUT2D eigenvalue weighted by molar-refractivity contribution is 0.0493. The molecule has 0 bridgehead atoms. The molecule has 2 aliphatic heterocycles. The predicted molar refractivity (Wildman–Crippen MR) is 116 cm³/mol. The third kappa shape index (κ3) is 4.24. The van der Waals surface area contributed by atoms with Gasteiger partial charge in [0.2, 0.25) is 0 Å². The molecule has 3 heterocycles. The van der Waals surface area contributed by atoms with Crippen molar-refractivity contribution in [1.29, 1.82) is 0 Å². The van der Waals surface area contributed by atoms with Crippen LogP contribution in [0.2, 0.25) is 0 Å². The van der Waals surface area contributed by atoms with Crippen LogP contribution >= 0.6 is 0 Å². The van der Waals surface area contributed by atoms with E-state index < -0.39 is 0 Å². The van der Waals surface area contributed by atoms with Gasteiger partial charge in [0.15, 0.2) is 0 Å². The molecular formula is C24H32N4O2. The Bertz CT molecular complexity index is 844. The number of nitrogens with zero attached hydrogens (tertiary/aromatic N) is 4. The average molecular weight is 409 g/mol. The molecule has 160 valence electrons. The lowest BCUT2D eigenvalue weighted by atomic mass is 9.90. The highest BCUT2D eigenvalue weighted by atomic mass is 16.5. The highest BCUT2D eigenvalue weighted by Crippen LogP contribution is 2.28. The summed E-state index contributed by atoms with van der Waals surface area (Å²) in [6.45, 7) is 4.04. The van der Waals surface area contributed by atoms with Crippen molar-refractivity contribution in [3.05, 3.63) is 42.2 Å². The van der Waals surface area contributed by atoms with Crippen LogP contribution in [0.5, 0.6) is 5.75 Å². The van der Waals surface area contributed by atoms with E-state index in [0.717, 1.165) is 69.3 Å². The van der Waals surface area contributed by atoms with Crippen LogP contribution in [0, 0.1) is 0 Å². The van der Waals surface area contributed by atoms with Crippen LogP contribution in [0.4, 0.5) is 0 Å². The number of likely N-dealkylation sites (tertiary alicyclic amines) is 2. The number of hydrogen-bond acceptors (Lipinski definition) is 4. The molecule has 1 saturated carbocycles. The summed E-state index contributed by atoms with van der Waals surface area (Å²) in [6.07, 6.45) is 13.6. The van der Waals surface area contributed by atoms with Gasteiger partial charge in [-0.3, -0.25) is 4.79 Å². The molecule has 0 spiro atoms. The monoisotopic (exact) mass is 408 g/mol. The Morgan fingerprint density at radius 3 is 2.30 bits per heavy atom. The third-order valence-electron chi connectivity index (χ3n) is 6.94. The Morgan fingerprint density at radius 2 is 1.63 bits per heavy atom. The molecule has 0 unspecified atom stereocenters. The van der Waals surface area contributed by atoms with Crippen LogP contribution in [0.3, 0.4) is 0 Å². The summed E-state index contributed by atoms with van der Waals surface area (Å²) in [5.74, 6) is 1.01. The molecule has 0 radical (unpaired) electrons. The van der Waals surface area contributed by atoms with Crippen LogP contribution in [0.1, 0.15) is 61.7 Å². The molecular weight excluding hydrogens is 376 g/mol. The predicted octanol–water partition coefficient (Wildman–Crippen LogP) is 3.89. The molecule has 6 nitrogen and oxygen atoms in total. The molecule has 3 fully saturated rings. The number of hydrogen-bond donors (Lipinski definition) is 0. The van der Waals surface area contributed by atoms with Gasteiger partial charge >= 0.3 is 0 Å². The van der Waals surface area contributed by atoms with Crippen molar-refractivity contribution in [1.82, 2.24) is 19.6 Å². The summed E-state index contributed by atoms with van der Waals surface area (Å²) >= 11 is 0. The van der Waals surface area contributed by atoms with Gasteiger partial charge in [-0.15, -0.1) is 0 Å². The molecule has 6 heteroatoms. The van der Waals surface area contributed by atoms with Crippen molar-refractivity contribution in [3.8, 4) is 11.4 Å². The number of aromatic nitrogens is 2. The fourth-order valence-corrected chi connectivity index (χ4v) is 4.83. The van der Waals surface area contributed by atoms with E-state index in [4.69, 9.17) is 4.74 Å². The van der Waals surface area contributed by atoms with Gasteiger partial charge in [0, 0.05) is 38.4 Å². The van der Waals surface area contributed by atoms with Gasteiger partial charge in [0.25, 0.3) is 5.91 Å². The number of carbonyl (C=O) groups is 1. The molecule has 1 aromatic carbocycles. The van der Waals surface area contributed by atoms with Crippen LogP contribution in [0.15, 0.2) is 36.7 Å². The average Bonchev–Trinajstić information content (AvgIpc) is 3.25. The topological polar surface area (TPSA) is 50.6 Å². The number of rotatable bonds is 5. The van der Waals surface area contributed by atoms with Gasteiger partial charge in [-0.25, -0.2) is 4.68 Å². The van der Waals surface area contributed by atoms with Gasteiger partial charge < -0.3 is 14.5 Å². The minimum atomic E-state index is 0.0918. The fraction of sp³-hybridized carbons (Fsp3) is 0.583. The minimum absolute atomic E-state index is 0.0918. The quantitative estimate of drug-likeness (QED) is 0.753. The molecule has 1 aliphatic carbocycles. The van der Waals surface area contributed by atoms with Crippen molar-refractivity contribution in [3.63, 3.8) is 0 Å². The molecule has 5 rings (SSSR count). The first-order valence-corrected chi connectivity index (χ1v) is 11.6. The second-order valence-corrected chi connectivity index (χ2v) is 8.96. The zero-order chi connectivity index (χ0) is 20.3. The number of amides is 1. The van der Waals surface area contributed by atoms with Gasteiger partial charge in [-0.2, -0.15) is 5.10 Å². The van der Waals surface area contributed by atoms with Crippen molar-refractivity contribution in [2.75, 3.05) is 26.2 Å². The Morgan fingerprint density at radius 1 is 0.900 bits per heavy atom. The zero-order valence-corrected chi connectivity index (χ0v) is 17.7. The first-order chi connectivity index (χ1) is 14.8. The third-order valence-corrected chi connectivity index (χ3v) is 6.94. The normalized spacial score (nSPS) is 21.4. The molecule has 30 heavy (non-hydrogen) atoms. The van der Waals surface area contributed by atoms with Gasteiger partial charge in [0.05, 0.1) is 17.4 Å². The summed E-state index contributed by atoms with van der Waals surface area (Å²) in [4.78, 5) is 17.2. The van der Waals surface area contributed by atoms with E-state index in [1.54, 1.807) is 10.9 Å². The second kappa shape index (κ2) is 8.80. The van der Waals surface area contributed by atoms with Crippen molar-refractivity contribution >= 4 is 5.91 Å². The SMILES string of the molecule is O=C(c1cnn(-c2ccc(OC3CCN(C4CCC4)CC3)cc2)c1)N1CCCCC1. The van der Waals surface area contributed by atoms with Crippen molar-refractivity contribution in [2.24, 2.45) is 0 Å². The van der Waals surface area contributed by atoms with Crippen molar-refractivity contribution < 1.29 is 9.53 Å². The number of benzene rings is 1. The number of carbonyl (C=O) groups excluding carboxylic acids is 1. The highest BCUT2D eigenvalue weighted by Gasteiger charge is 2.29. The molecule has 2 aromatic rings. The largest absolute Gasteiger partial charge is 0.490 e. The van der Waals surface area contributed by atoms with Crippen LogP contribution < -0.4 is 4.74 Å². The molecule has 0 N–H and O–H groups in total. The van der Waals surface area contributed by atoms with E-state index in [2.05, 4.69) is 10.00 Å². The first-order valence-electron chi connectivity index (χ1n) is 11.6. The summed E-state index contributed by atoms with van der Waals surface area (Å²) in [6, 6.07) is 8.90. The maximum absolute atomic E-state index is 12.7. The Labute approximate surface area is 178 Å². The van der Waals surface area contributed by atoms with E-state index in [0.29, 0.717) is 11.7 Å². The zero-order valence-electron chi connectivity index (χ0n) is 17.7. The molecule has 1 amide bonds. The lowest BCUT2D eigenvalue weighted by Crippen LogP contribution is -2.46. The van der Waals surface area contributed by atoms with Gasteiger partial charge in [-0.05, 0) is 69.2 Å². The summed E-state index contributed by atoms with van der Waals surface area (Å²) < 4.78 is 8.01. The smallest absolute Gasteiger partial charge is 0.257 e. The fourth-order valence-electron chi connectivity index (χ4n) is 4.83. The Balaban J connectivity index is 1.16. The van der Waals surface area contributed by atoms with Gasteiger partial charge in [-0.1, -0.05) is 6.42 Å². The van der Waals surface area contributed by atoms with E-state index in [9.17, 15) is 4.79 Å². The summed E-state index contributed by atoms with van der Waals surface area (Å²) in [5, 5.41) is 4.41. The van der Waals surface area contributed by atoms with E-state index >= 15 is 0 Å². The maximum atomic E-state index is 12.7. The van der Waals surface area contributed by atoms with Gasteiger partial charge in [0.1, 0.15) is 11.9 Å². The van der Waals surface area contributed by atoms with E-state index in [-0.39, 0.29) is 5.91 Å². The first kappa shape index (κ1) is 19.6. The maximum Gasteiger partial charge on any atom is 0.257 e. The van der Waals surface area contributed by atoms with Crippen molar-refractivity contribution in [2.45, 2.75) is 63.5 Å².